The summed E-state index contributed by atoms with van der Waals surface area (Å²) in [7, 11) is 0. The van der Waals surface area contributed by atoms with Gasteiger partial charge in [-0.2, -0.15) is 11.3 Å². The second kappa shape index (κ2) is 3.48. The minimum Gasteiger partial charge on any atom is -0.151 e. The van der Waals surface area contributed by atoms with Gasteiger partial charge in [0.15, 0.2) is 0 Å². The molecule has 0 aliphatic heterocycles. The number of rotatable bonds is 0. The first-order chi connectivity index (χ1) is 6.13. The summed E-state index contributed by atoms with van der Waals surface area (Å²) in [5.41, 5.74) is 0. The molecule has 0 N–H and O–H groups in total. The molecule has 2 aromatic rings. The second-order valence-electron chi connectivity index (χ2n) is 2.46. The number of hydrogen-bond acceptors (Lipinski definition) is 1. The van der Waals surface area contributed by atoms with Crippen LogP contribution in [0.2, 0.25) is 20.1 Å². The van der Waals surface area contributed by atoms with Crippen molar-refractivity contribution in [3.05, 3.63) is 30.9 Å². The minimum absolute atomic E-state index is 0.319. The van der Waals surface area contributed by atoms with Gasteiger partial charge < -0.3 is 0 Å². The molecule has 0 amide bonds. The van der Waals surface area contributed by atoms with Gasteiger partial charge in [-0.1, -0.05) is 46.4 Å². The molecule has 0 bridgehead atoms. The van der Waals surface area contributed by atoms with E-state index in [1.54, 1.807) is 0 Å². The number of thiophene rings is 1. The molecule has 1 heterocycles. The van der Waals surface area contributed by atoms with E-state index in [1.165, 1.54) is 11.3 Å². The van der Waals surface area contributed by atoms with Crippen molar-refractivity contribution in [2.24, 2.45) is 0 Å². The number of fused-ring (bicyclic) bond motifs is 1. The zero-order chi connectivity index (χ0) is 9.59. The van der Waals surface area contributed by atoms with E-state index in [1.807, 2.05) is 10.8 Å². The second-order valence-corrected chi connectivity index (χ2v) is 4.71. The standard InChI is InChI=1S/C8H2Cl4S/c9-5-3-1-13-2-4(3)6(10)8(12)7(5)11/h1-2H. The summed E-state index contributed by atoms with van der Waals surface area (Å²) in [6, 6.07) is 0. The maximum Gasteiger partial charge on any atom is 0.0800 e. The molecule has 0 spiro atoms. The van der Waals surface area contributed by atoms with Gasteiger partial charge in [0.05, 0.1) is 20.1 Å². The zero-order valence-corrected chi connectivity index (χ0v) is 9.92. The molecule has 13 heavy (non-hydrogen) atoms. The van der Waals surface area contributed by atoms with E-state index in [0.717, 1.165) is 10.8 Å². The molecule has 1 aromatic carbocycles. The van der Waals surface area contributed by atoms with Gasteiger partial charge in [0.1, 0.15) is 0 Å². The van der Waals surface area contributed by atoms with Crippen LogP contribution in [0.15, 0.2) is 10.8 Å². The zero-order valence-electron chi connectivity index (χ0n) is 6.07. The van der Waals surface area contributed by atoms with E-state index in [9.17, 15) is 0 Å². The van der Waals surface area contributed by atoms with E-state index >= 15 is 0 Å². The summed E-state index contributed by atoms with van der Waals surface area (Å²) in [6.45, 7) is 0. The Morgan fingerprint density at radius 3 is 1.46 bits per heavy atom. The Balaban J connectivity index is 3.02. The quantitative estimate of drug-likeness (QED) is 0.437. The molecule has 0 atom stereocenters. The smallest absolute Gasteiger partial charge is 0.0800 e. The van der Waals surface area contributed by atoms with Crippen molar-refractivity contribution in [1.82, 2.24) is 0 Å². The summed E-state index contributed by atoms with van der Waals surface area (Å²) >= 11 is 25.2. The highest BCUT2D eigenvalue weighted by Crippen LogP contribution is 2.43. The molecule has 0 saturated carbocycles. The van der Waals surface area contributed by atoms with E-state index in [4.69, 9.17) is 46.4 Å². The van der Waals surface area contributed by atoms with E-state index in [-0.39, 0.29) is 0 Å². The first kappa shape index (κ1) is 9.88. The third-order valence-corrected chi connectivity index (χ3v) is 4.29. The molecule has 0 nitrogen and oxygen atoms in total. The Morgan fingerprint density at radius 1 is 0.692 bits per heavy atom. The lowest BCUT2D eigenvalue weighted by Gasteiger charge is -2.03. The molecule has 2 rings (SSSR count). The molecule has 0 radical (unpaired) electrons. The van der Waals surface area contributed by atoms with Crippen LogP contribution < -0.4 is 0 Å². The van der Waals surface area contributed by atoms with Crippen molar-refractivity contribution in [3.8, 4) is 0 Å². The minimum atomic E-state index is 0.319. The van der Waals surface area contributed by atoms with Crippen LogP contribution in [0.5, 0.6) is 0 Å². The predicted molar refractivity (Wildman–Crippen MR) is 61.9 cm³/mol. The molecule has 0 fully saturated rings. The third kappa shape index (κ3) is 1.43. The topological polar surface area (TPSA) is 0 Å². The van der Waals surface area contributed by atoms with Gasteiger partial charge in [0.25, 0.3) is 0 Å². The van der Waals surface area contributed by atoms with Crippen LogP contribution in [-0.4, -0.2) is 0 Å². The van der Waals surface area contributed by atoms with Crippen molar-refractivity contribution in [2.45, 2.75) is 0 Å². The van der Waals surface area contributed by atoms with Crippen LogP contribution in [0, 0.1) is 0 Å². The number of benzene rings is 1. The number of halogens is 4. The molecule has 5 heteroatoms. The van der Waals surface area contributed by atoms with E-state index in [2.05, 4.69) is 0 Å². The van der Waals surface area contributed by atoms with Gasteiger partial charge in [-0.05, 0) is 0 Å². The Bertz CT molecular complexity index is 432. The van der Waals surface area contributed by atoms with Gasteiger partial charge in [0, 0.05) is 21.5 Å². The highest BCUT2D eigenvalue weighted by Gasteiger charge is 2.14. The summed E-state index contributed by atoms with van der Waals surface area (Å²) in [5.74, 6) is 0. The van der Waals surface area contributed by atoms with E-state index < -0.39 is 0 Å². The van der Waals surface area contributed by atoms with Crippen LogP contribution in [0.1, 0.15) is 0 Å². The van der Waals surface area contributed by atoms with Crippen LogP contribution in [0.4, 0.5) is 0 Å². The molecule has 1 aromatic heterocycles. The summed E-state index contributed by atoms with van der Waals surface area (Å²) in [5, 5.41) is 7.06. The highest BCUT2D eigenvalue weighted by molar-refractivity contribution is 7.09. The van der Waals surface area contributed by atoms with Gasteiger partial charge >= 0.3 is 0 Å². The maximum atomic E-state index is 5.98. The average molecular weight is 272 g/mol. The first-order valence-electron chi connectivity index (χ1n) is 3.30. The predicted octanol–water partition coefficient (Wildman–Crippen LogP) is 5.51. The summed E-state index contributed by atoms with van der Waals surface area (Å²) in [6.07, 6.45) is 0. The molecule has 0 aliphatic carbocycles. The molecule has 0 saturated heterocycles. The van der Waals surface area contributed by atoms with Crippen LogP contribution in [0.25, 0.3) is 10.8 Å². The Hall–Kier alpha value is 0.340. The lowest BCUT2D eigenvalue weighted by molar-refractivity contribution is 1.82. The normalized spacial score (nSPS) is 11.1. The summed E-state index contributed by atoms with van der Waals surface area (Å²) < 4.78 is 0. The van der Waals surface area contributed by atoms with E-state index in [0.29, 0.717) is 20.1 Å². The SMILES string of the molecule is Clc1c(Cl)c(Cl)c2cscc2c1Cl. The van der Waals surface area contributed by atoms with Crippen LogP contribution in [-0.2, 0) is 0 Å². The van der Waals surface area contributed by atoms with Crippen molar-refractivity contribution in [3.63, 3.8) is 0 Å². The maximum absolute atomic E-state index is 5.98. The molecule has 68 valence electrons. The largest absolute Gasteiger partial charge is 0.151 e. The molecule has 0 unspecified atom stereocenters. The molecule has 0 aliphatic rings. The Morgan fingerprint density at radius 2 is 1.08 bits per heavy atom. The number of hydrogen-bond donors (Lipinski definition) is 0. The fourth-order valence-electron chi connectivity index (χ4n) is 1.07. The average Bonchev–Trinajstić information content (AvgIpc) is 2.59. The lowest BCUT2D eigenvalue weighted by atomic mass is 10.2. The fraction of sp³-hybridized carbons (Fsp3) is 0. The van der Waals surface area contributed by atoms with Crippen molar-refractivity contribution < 1.29 is 0 Å². The van der Waals surface area contributed by atoms with Crippen LogP contribution in [0.3, 0.4) is 0 Å². The van der Waals surface area contributed by atoms with Gasteiger partial charge in [-0.3, -0.25) is 0 Å². The van der Waals surface area contributed by atoms with Crippen molar-refractivity contribution >= 4 is 68.5 Å². The van der Waals surface area contributed by atoms with Gasteiger partial charge in [-0.15, -0.1) is 0 Å². The van der Waals surface area contributed by atoms with Crippen LogP contribution >= 0.6 is 57.7 Å². The highest BCUT2D eigenvalue weighted by atomic mass is 35.5. The Labute approximate surface area is 99.0 Å². The molecular formula is C8H2Cl4S. The monoisotopic (exact) mass is 270 g/mol. The molecular weight excluding hydrogens is 270 g/mol. The first-order valence-corrected chi connectivity index (χ1v) is 5.76. The lowest BCUT2D eigenvalue weighted by Crippen LogP contribution is -1.76. The fourth-order valence-corrected chi connectivity index (χ4v) is 3.02. The van der Waals surface area contributed by atoms with Gasteiger partial charge in [-0.25, -0.2) is 0 Å². The summed E-state index contributed by atoms with van der Waals surface area (Å²) in [4.78, 5) is 0. The third-order valence-electron chi connectivity index (χ3n) is 1.71. The van der Waals surface area contributed by atoms with Gasteiger partial charge in [0.2, 0.25) is 0 Å². The van der Waals surface area contributed by atoms with Crippen molar-refractivity contribution in [1.29, 1.82) is 0 Å². The van der Waals surface area contributed by atoms with Crippen molar-refractivity contribution in [2.75, 3.05) is 0 Å². The Kier molecular flexibility index (Phi) is 2.65.